The fourth-order valence-corrected chi connectivity index (χ4v) is 0.342. The molecule has 0 saturated carbocycles. The highest BCUT2D eigenvalue weighted by Gasteiger charge is 1.77. The first-order valence-electron chi connectivity index (χ1n) is 2.49. The molecule has 0 bridgehead atoms. The van der Waals surface area contributed by atoms with Gasteiger partial charge in [0.05, 0.1) is 1.37 Å². The zero-order valence-electron chi connectivity index (χ0n) is 4.89. The minimum atomic E-state index is -0.668. The Morgan fingerprint density at radius 2 is 2.38 bits per heavy atom. The molecule has 0 amide bonds. The molecule has 2 N–H and O–H groups in total. The van der Waals surface area contributed by atoms with Gasteiger partial charge in [-0.1, -0.05) is 0 Å². The minimum absolute atomic E-state index is 0.241. The van der Waals surface area contributed by atoms with E-state index in [4.69, 9.17) is 1.37 Å². The molecule has 4 heteroatoms. The lowest BCUT2D eigenvalue weighted by molar-refractivity contribution is 1.04. The SMILES string of the molecule is [3H]c1c[nH]c(=O)[nH]c1=O. The number of rotatable bonds is 0. The minimum Gasteiger partial charge on any atom is -0.314 e. The predicted molar refractivity (Wildman–Crippen MR) is 27.7 cm³/mol. The molecule has 8 heavy (non-hydrogen) atoms. The summed E-state index contributed by atoms with van der Waals surface area (Å²) in [5.74, 6) is 0. The Balaban J connectivity index is 3.52. The van der Waals surface area contributed by atoms with Gasteiger partial charge in [0.1, 0.15) is 0 Å². The van der Waals surface area contributed by atoms with E-state index in [2.05, 4.69) is 4.98 Å². The van der Waals surface area contributed by atoms with Gasteiger partial charge in [-0.25, -0.2) is 4.79 Å². The van der Waals surface area contributed by atoms with Gasteiger partial charge >= 0.3 is 5.69 Å². The molecule has 0 saturated heterocycles. The molecular weight excluding hydrogens is 108 g/mol. The smallest absolute Gasteiger partial charge is 0.314 e. The van der Waals surface area contributed by atoms with E-state index in [9.17, 15) is 9.59 Å². The van der Waals surface area contributed by atoms with Crippen LogP contribution in [0.3, 0.4) is 0 Å². The van der Waals surface area contributed by atoms with E-state index in [1.165, 1.54) is 0 Å². The Morgan fingerprint density at radius 3 is 2.88 bits per heavy atom. The molecule has 0 aromatic carbocycles. The van der Waals surface area contributed by atoms with Crippen molar-refractivity contribution in [3.63, 3.8) is 0 Å². The summed E-state index contributed by atoms with van der Waals surface area (Å²) < 4.78 is 6.80. The van der Waals surface area contributed by atoms with E-state index in [1.54, 1.807) is 0 Å². The molecule has 0 spiro atoms. The Kier molecular flexibility index (Phi) is 0.754. The lowest BCUT2D eigenvalue weighted by Gasteiger charge is -1.75. The normalized spacial score (nSPS) is 10.8. The third-order valence-electron chi connectivity index (χ3n) is 0.634. The highest BCUT2D eigenvalue weighted by molar-refractivity contribution is 4.77. The van der Waals surface area contributed by atoms with Crippen LogP contribution in [0, 0.1) is 0 Å². The van der Waals surface area contributed by atoms with Crippen molar-refractivity contribution in [2.45, 2.75) is 0 Å². The van der Waals surface area contributed by atoms with Gasteiger partial charge in [-0.15, -0.1) is 0 Å². The molecule has 4 nitrogen and oxygen atoms in total. The van der Waals surface area contributed by atoms with Crippen LogP contribution < -0.4 is 11.2 Å². The molecule has 0 aliphatic carbocycles. The molecule has 42 valence electrons. The summed E-state index contributed by atoms with van der Waals surface area (Å²) in [4.78, 5) is 24.7. The first-order valence-corrected chi connectivity index (χ1v) is 1.99. The van der Waals surface area contributed by atoms with Crippen molar-refractivity contribution in [3.05, 3.63) is 33.1 Å². The molecule has 1 aromatic heterocycles. The van der Waals surface area contributed by atoms with E-state index in [0.29, 0.717) is 0 Å². The first kappa shape index (κ1) is 3.65. The van der Waals surface area contributed by atoms with Crippen molar-refractivity contribution in [1.82, 2.24) is 9.97 Å². The van der Waals surface area contributed by atoms with E-state index in [1.807, 2.05) is 4.98 Å². The number of aromatic nitrogens is 2. The van der Waals surface area contributed by atoms with E-state index in [0.717, 1.165) is 6.20 Å². The number of hydrogen-bond donors (Lipinski definition) is 2. The zero-order valence-corrected chi connectivity index (χ0v) is 3.89. The topological polar surface area (TPSA) is 65.7 Å². The van der Waals surface area contributed by atoms with Crippen LogP contribution in [-0.4, -0.2) is 9.97 Å². The van der Waals surface area contributed by atoms with Gasteiger partial charge in [-0.05, 0) is 0 Å². The van der Waals surface area contributed by atoms with Crippen molar-refractivity contribution < 1.29 is 1.37 Å². The number of H-pyrrole nitrogens is 2. The fourth-order valence-electron chi connectivity index (χ4n) is 0.342. The van der Waals surface area contributed by atoms with Crippen LogP contribution in [0.2, 0.25) is 0 Å². The van der Waals surface area contributed by atoms with Crippen LogP contribution in [0.5, 0.6) is 0 Å². The molecule has 1 aromatic rings. The van der Waals surface area contributed by atoms with Crippen LogP contribution >= 0.6 is 0 Å². The molecule has 0 atom stereocenters. The summed E-state index contributed by atoms with van der Waals surface area (Å²) >= 11 is 0. The third-order valence-corrected chi connectivity index (χ3v) is 0.634. The Morgan fingerprint density at radius 1 is 1.62 bits per heavy atom. The van der Waals surface area contributed by atoms with E-state index in [-0.39, 0.29) is 6.04 Å². The van der Waals surface area contributed by atoms with Gasteiger partial charge in [0.25, 0.3) is 5.56 Å². The first-order chi connectivity index (χ1) is 4.20. The Bertz CT molecular complexity index is 313. The maximum Gasteiger partial charge on any atom is 0.325 e. The Labute approximate surface area is 45.6 Å². The monoisotopic (exact) mass is 114 g/mol. The van der Waals surface area contributed by atoms with Gasteiger partial charge in [-0.3, -0.25) is 9.78 Å². The number of aromatic amines is 2. The molecule has 1 heterocycles. The van der Waals surface area contributed by atoms with E-state index >= 15 is 0 Å². The van der Waals surface area contributed by atoms with Crippen LogP contribution in [0.1, 0.15) is 1.37 Å². The van der Waals surface area contributed by atoms with Crippen LogP contribution in [0.15, 0.2) is 21.8 Å². The van der Waals surface area contributed by atoms with Gasteiger partial charge < -0.3 is 4.98 Å². The second-order valence-electron chi connectivity index (χ2n) is 1.22. The van der Waals surface area contributed by atoms with Crippen molar-refractivity contribution >= 4 is 0 Å². The lowest BCUT2D eigenvalue weighted by Crippen LogP contribution is -2.19. The largest absolute Gasteiger partial charge is 0.325 e. The highest BCUT2D eigenvalue weighted by Crippen LogP contribution is 1.51. The molecule has 0 radical (unpaired) electrons. The molecule has 0 aliphatic rings. The van der Waals surface area contributed by atoms with Gasteiger partial charge in [0, 0.05) is 12.2 Å². The quantitative estimate of drug-likeness (QED) is 0.457. The van der Waals surface area contributed by atoms with Gasteiger partial charge in [-0.2, -0.15) is 0 Å². The van der Waals surface area contributed by atoms with Crippen LogP contribution in [0.25, 0.3) is 0 Å². The van der Waals surface area contributed by atoms with E-state index < -0.39 is 11.2 Å². The maximum absolute atomic E-state index is 10.4. The maximum atomic E-state index is 10.4. The highest BCUT2D eigenvalue weighted by atomic mass is 16.2. The summed E-state index contributed by atoms with van der Waals surface area (Å²) in [7, 11) is 0. The van der Waals surface area contributed by atoms with Crippen molar-refractivity contribution in [2.75, 3.05) is 0 Å². The second kappa shape index (κ2) is 1.65. The van der Waals surface area contributed by atoms with Gasteiger partial charge in [0.2, 0.25) is 0 Å². The molecular formula is C4H4N2O2. The van der Waals surface area contributed by atoms with Crippen molar-refractivity contribution in [3.8, 4) is 0 Å². The summed E-state index contributed by atoms with van der Waals surface area (Å²) in [5, 5.41) is 0. The molecule has 0 aliphatic heterocycles. The summed E-state index contributed by atoms with van der Waals surface area (Å²) in [6.45, 7) is 0. The standard InChI is InChI=1S/C4H4N2O2/c7-3-1-2-5-4(8)6-3/h1-2H,(H2,5,6,7,8)/i1T. The summed E-state index contributed by atoms with van der Waals surface area (Å²) in [6.07, 6.45) is 1.04. The van der Waals surface area contributed by atoms with Crippen LogP contribution in [0.4, 0.5) is 0 Å². The lowest BCUT2D eigenvalue weighted by atomic mass is 10.7. The molecule has 0 unspecified atom stereocenters. The zero-order chi connectivity index (χ0) is 6.85. The average Bonchev–Trinajstić information content (AvgIpc) is 1.80. The van der Waals surface area contributed by atoms with Crippen molar-refractivity contribution in [2.24, 2.45) is 0 Å². The van der Waals surface area contributed by atoms with Crippen LogP contribution in [-0.2, 0) is 0 Å². The fraction of sp³-hybridized carbons (Fsp3) is 0. The number of hydrogen-bond acceptors (Lipinski definition) is 2. The second-order valence-corrected chi connectivity index (χ2v) is 1.22. The van der Waals surface area contributed by atoms with Crippen molar-refractivity contribution in [1.29, 1.82) is 0 Å². The molecule has 1 rings (SSSR count). The van der Waals surface area contributed by atoms with Gasteiger partial charge in [0.15, 0.2) is 0 Å². The molecule has 0 fully saturated rings. The summed E-state index contributed by atoms with van der Waals surface area (Å²) in [5.41, 5.74) is -1.25. The predicted octanol–water partition coefficient (Wildman–Crippen LogP) is -0.937. The summed E-state index contributed by atoms with van der Waals surface area (Å²) in [6, 6.07) is -0.241. The average molecular weight is 114 g/mol. The number of nitrogens with one attached hydrogen (secondary N) is 2. The Hall–Kier alpha value is -1.32. The third kappa shape index (κ3) is 0.841.